The van der Waals surface area contributed by atoms with Crippen molar-refractivity contribution >= 4 is 17.7 Å². The third kappa shape index (κ3) is 4.64. The molecule has 7 heteroatoms. The second-order valence-electron chi connectivity index (χ2n) is 5.83. The number of amides is 1. The highest BCUT2D eigenvalue weighted by Gasteiger charge is 2.34. The summed E-state index contributed by atoms with van der Waals surface area (Å²) in [6.07, 6.45) is -3.43. The van der Waals surface area contributed by atoms with E-state index in [1.165, 1.54) is 12.1 Å². The van der Waals surface area contributed by atoms with Crippen LogP contribution >= 0.6 is 11.8 Å². The third-order valence-corrected chi connectivity index (χ3v) is 5.25. The fourth-order valence-electron chi connectivity index (χ4n) is 2.61. The van der Waals surface area contributed by atoms with Crippen LogP contribution in [-0.2, 0) is 11.0 Å². The first-order valence-corrected chi connectivity index (χ1v) is 8.66. The predicted molar refractivity (Wildman–Crippen MR) is 84.4 cm³/mol. The van der Waals surface area contributed by atoms with E-state index in [4.69, 9.17) is 0 Å². The molecule has 1 aliphatic rings. The van der Waals surface area contributed by atoms with Gasteiger partial charge in [-0.3, -0.25) is 4.79 Å². The van der Waals surface area contributed by atoms with Crippen LogP contribution in [-0.4, -0.2) is 34.7 Å². The molecule has 128 valence electrons. The largest absolute Gasteiger partial charge is 0.416 e. The molecule has 1 aromatic rings. The van der Waals surface area contributed by atoms with Crippen LogP contribution in [0.25, 0.3) is 0 Å². The Labute approximate surface area is 137 Å². The van der Waals surface area contributed by atoms with Crippen molar-refractivity contribution in [2.45, 2.75) is 37.5 Å². The quantitative estimate of drug-likeness (QED) is 0.860. The van der Waals surface area contributed by atoms with E-state index in [0.717, 1.165) is 17.9 Å². The second-order valence-corrected chi connectivity index (χ2v) is 6.93. The van der Waals surface area contributed by atoms with Crippen LogP contribution in [0.1, 0.15) is 36.8 Å². The lowest BCUT2D eigenvalue weighted by atomic mass is 9.93. The average Bonchev–Trinajstić information content (AvgIpc) is 2.93. The highest BCUT2D eigenvalue weighted by molar-refractivity contribution is 7.99. The van der Waals surface area contributed by atoms with Crippen molar-refractivity contribution < 1.29 is 23.1 Å². The van der Waals surface area contributed by atoms with Gasteiger partial charge in [0.2, 0.25) is 5.91 Å². The summed E-state index contributed by atoms with van der Waals surface area (Å²) >= 11 is 1.62. The van der Waals surface area contributed by atoms with Gasteiger partial charge in [-0.15, -0.1) is 0 Å². The number of alkyl halides is 3. The van der Waals surface area contributed by atoms with Gasteiger partial charge in [-0.25, -0.2) is 0 Å². The number of benzene rings is 1. The van der Waals surface area contributed by atoms with Crippen LogP contribution < -0.4 is 5.32 Å². The minimum atomic E-state index is -4.43. The van der Waals surface area contributed by atoms with E-state index in [2.05, 4.69) is 5.32 Å². The van der Waals surface area contributed by atoms with Crippen LogP contribution in [0.15, 0.2) is 24.3 Å². The zero-order chi connectivity index (χ0) is 17.1. The molecule has 0 spiro atoms. The zero-order valence-corrected chi connectivity index (χ0v) is 13.6. The molecule has 0 radical (unpaired) electrons. The van der Waals surface area contributed by atoms with E-state index < -0.39 is 23.3 Å². The lowest BCUT2D eigenvalue weighted by Gasteiger charge is -2.24. The van der Waals surface area contributed by atoms with E-state index in [1.807, 2.05) is 0 Å². The normalized spacial score (nSPS) is 22.8. The van der Waals surface area contributed by atoms with Crippen molar-refractivity contribution in [2.24, 2.45) is 0 Å². The van der Waals surface area contributed by atoms with Gasteiger partial charge in [0.1, 0.15) is 0 Å². The number of nitrogens with one attached hydrogen (secondary N) is 1. The van der Waals surface area contributed by atoms with Gasteiger partial charge in [0.05, 0.1) is 17.1 Å². The van der Waals surface area contributed by atoms with Crippen molar-refractivity contribution in [1.29, 1.82) is 0 Å². The minimum Gasteiger partial charge on any atom is -0.387 e. The Morgan fingerprint density at radius 3 is 2.78 bits per heavy atom. The van der Waals surface area contributed by atoms with Crippen LogP contribution in [0, 0.1) is 0 Å². The molecule has 1 aromatic carbocycles. The average molecular weight is 347 g/mol. The van der Waals surface area contributed by atoms with Gasteiger partial charge in [-0.05, 0) is 30.2 Å². The molecule has 0 aromatic heterocycles. The molecule has 23 heavy (non-hydrogen) atoms. The van der Waals surface area contributed by atoms with Crippen molar-refractivity contribution in [3.8, 4) is 0 Å². The van der Waals surface area contributed by atoms with E-state index in [1.54, 1.807) is 18.7 Å². The molecular formula is C16H20F3NO2S. The summed E-state index contributed by atoms with van der Waals surface area (Å²) in [5.41, 5.74) is -1.33. The van der Waals surface area contributed by atoms with Crippen molar-refractivity contribution in [3.05, 3.63) is 35.4 Å². The van der Waals surface area contributed by atoms with Crippen LogP contribution in [0.5, 0.6) is 0 Å². The highest BCUT2D eigenvalue weighted by Crippen LogP contribution is 2.32. The number of hydrogen-bond acceptors (Lipinski definition) is 3. The standard InChI is InChI=1S/C16H20F3NO2S/c1-2-13(11-4-3-5-12(8-11)16(17,18)19)14(21)20-9-15(22)6-7-23-10-15/h3-5,8,13,22H,2,6-7,9-10H2,1H3,(H,20,21)/t13-,15+/m0/s1. The molecule has 0 bridgehead atoms. The van der Waals surface area contributed by atoms with E-state index in [0.29, 0.717) is 24.2 Å². The van der Waals surface area contributed by atoms with Gasteiger partial charge < -0.3 is 10.4 Å². The highest BCUT2D eigenvalue weighted by atomic mass is 32.2. The molecule has 1 aliphatic heterocycles. The topological polar surface area (TPSA) is 49.3 Å². The fourth-order valence-corrected chi connectivity index (χ4v) is 3.91. The SMILES string of the molecule is CC[C@H](C(=O)NC[C@]1(O)CCSC1)c1cccc(C(F)(F)F)c1. The van der Waals surface area contributed by atoms with Crippen LogP contribution in [0.4, 0.5) is 13.2 Å². The molecule has 2 rings (SSSR count). The smallest absolute Gasteiger partial charge is 0.387 e. The van der Waals surface area contributed by atoms with Gasteiger partial charge >= 0.3 is 6.18 Å². The number of aliphatic hydroxyl groups is 1. The fraction of sp³-hybridized carbons (Fsp3) is 0.562. The minimum absolute atomic E-state index is 0.133. The molecule has 1 amide bonds. The summed E-state index contributed by atoms with van der Waals surface area (Å²) in [7, 11) is 0. The summed E-state index contributed by atoms with van der Waals surface area (Å²) in [6, 6.07) is 4.86. The second kappa shape index (κ2) is 7.13. The third-order valence-electron chi connectivity index (χ3n) is 4.02. The zero-order valence-electron chi connectivity index (χ0n) is 12.8. The number of hydrogen-bond donors (Lipinski definition) is 2. The monoisotopic (exact) mass is 347 g/mol. The lowest BCUT2D eigenvalue weighted by Crippen LogP contribution is -2.44. The van der Waals surface area contributed by atoms with Gasteiger partial charge in [-0.2, -0.15) is 24.9 Å². The Kier molecular flexibility index (Phi) is 5.62. The van der Waals surface area contributed by atoms with Gasteiger partial charge in [0, 0.05) is 12.3 Å². The van der Waals surface area contributed by atoms with Gasteiger partial charge in [-0.1, -0.05) is 25.1 Å². The first kappa shape index (κ1) is 18.1. The van der Waals surface area contributed by atoms with Crippen LogP contribution in [0.3, 0.4) is 0 Å². The molecule has 3 nitrogen and oxygen atoms in total. The summed E-state index contributed by atoms with van der Waals surface area (Å²) in [4.78, 5) is 12.3. The van der Waals surface area contributed by atoms with Crippen molar-refractivity contribution in [1.82, 2.24) is 5.32 Å². The summed E-state index contributed by atoms with van der Waals surface area (Å²) in [5.74, 6) is 0.400. The number of halogens is 3. The number of carbonyl (C=O) groups excluding carboxylic acids is 1. The maximum atomic E-state index is 12.8. The predicted octanol–water partition coefficient (Wildman–Crippen LogP) is 3.18. The molecule has 0 aliphatic carbocycles. The summed E-state index contributed by atoms with van der Waals surface area (Å²) < 4.78 is 38.4. The van der Waals surface area contributed by atoms with Crippen LogP contribution in [0.2, 0.25) is 0 Å². The first-order valence-electron chi connectivity index (χ1n) is 7.50. The first-order chi connectivity index (χ1) is 10.7. The molecule has 0 unspecified atom stereocenters. The molecule has 0 saturated carbocycles. The van der Waals surface area contributed by atoms with Crippen molar-refractivity contribution in [2.75, 3.05) is 18.1 Å². The van der Waals surface area contributed by atoms with E-state index in [9.17, 15) is 23.1 Å². The molecule has 2 atom stereocenters. The molecule has 2 N–H and O–H groups in total. The Hall–Kier alpha value is -1.21. The summed E-state index contributed by atoms with van der Waals surface area (Å²) in [6.45, 7) is 1.89. The number of rotatable bonds is 5. The van der Waals surface area contributed by atoms with Crippen molar-refractivity contribution in [3.63, 3.8) is 0 Å². The molecular weight excluding hydrogens is 327 g/mol. The maximum absolute atomic E-state index is 12.8. The Morgan fingerprint density at radius 2 is 2.22 bits per heavy atom. The Bertz CT molecular complexity index is 557. The Balaban J connectivity index is 2.08. The van der Waals surface area contributed by atoms with Gasteiger partial charge in [0.15, 0.2) is 0 Å². The van der Waals surface area contributed by atoms with E-state index >= 15 is 0 Å². The van der Waals surface area contributed by atoms with E-state index in [-0.39, 0.29) is 12.5 Å². The number of carbonyl (C=O) groups is 1. The van der Waals surface area contributed by atoms with Gasteiger partial charge in [0.25, 0.3) is 0 Å². The lowest BCUT2D eigenvalue weighted by molar-refractivity contribution is -0.137. The maximum Gasteiger partial charge on any atom is 0.416 e. The number of thioether (sulfide) groups is 1. The molecule has 1 fully saturated rings. The Morgan fingerprint density at radius 1 is 1.48 bits per heavy atom. The molecule has 1 saturated heterocycles. The summed E-state index contributed by atoms with van der Waals surface area (Å²) in [5, 5.41) is 12.9. The molecule has 1 heterocycles.